The molecule has 7 nitrogen and oxygen atoms in total. The van der Waals surface area contributed by atoms with Crippen LogP contribution < -0.4 is 10.0 Å². The number of esters is 1. The monoisotopic (exact) mass is 363 g/mol. The summed E-state index contributed by atoms with van der Waals surface area (Å²) in [7, 11) is -2.02. The minimum Gasteiger partial charge on any atom is -0.465 e. The minimum atomic E-state index is -3.35. The van der Waals surface area contributed by atoms with Gasteiger partial charge in [0.15, 0.2) is 0 Å². The summed E-state index contributed by atoms with van der Waals surface area (Å²) in [5.74, 6) is 0.191. The topological polar surface area (TPSA) is 97.4 Å². The van der Waals surface area contributed by atoms with Crippen molar-refractivity contribution in [3.05, 3.63) is 48.2 Å². The van der Waals surface area contributed by atoms with Gasteiger partial charge >= 0.3 is 5.97 Å². The standard InChI is InChI=1S/C17H21N3O4S/c1-3-4-10-25(22,23)20-15-8-9-16(18-12-15)19-14-7-5-6-13(11-14)17(21)24-2/h5-9,11-12,20H,3-4,10H2,1-2H3,(H,18,19). The average molecular weight is 363 g/mol. The van der Waals surface area contributed by atoms with E-state index in [1.54, 1.807) is 36.4 Å². The van der Waals surface area contributed by atoms with E-state index in [0.29, 0.717) is 29.2 Å². The molecule has 2 rings (SSSR count). The lowest BCUT2D eigenvalue weighted by atomic mass is 10.2. The summed E-state index contributed by atoms with van der Waals surface area (Å²) in [5, 5.41) is 3.05. The number of carbonyl (C=O) groups is 1. The van der Waals surface area contributed by atoms with E-state index in [9.17, 15) is 13.2 Å². The number of pyridine rings is 1. The van der Waals surface area contributed by atoms with Crippen molar-refractivity contribution in [1.29, 1.82) is 0 Å². The predicted molar refractivity (Wildman–Crippen MR) is 97.6 cm³/mol. The van der Waals surface area contributed by atoms with Crippen LogP contribution in [0, 0.1) is 0 Å². The van der Waals surface area contributed by atoms with Crippen LogP contribution in [0.25, 0.3) is 0 Å². The first-order chi connectivity index (χ1) is 11.9. The predicted octanol–water partition coefficient (Wildman–Crippen LogP) is 3.15. The van der Waals surface area contributed by atoms with E-state index in [2.05, 4.69) is 19.8 Å². The second kappa shape index (κ2) is 8.48. The van der Waals surface area contributed by atoms with Crippen LogP contribution in [0.4, 0.5) is 17.2 Å². The quantitative estimate of drug-likeness (QED) is 0.699. The van der Waals surface area contributed by atoms with E-state index in [4.69, 9.17) is 0 Å². The first kappa shape index (κ1) is 18.7. The Morgan fingerprint density at radius 1 is 1.20 bits per heavy atom. The first-order valence-corrected chi connectivity index (χ1v) is 9.50. The van der Waals surface area contributed by atoms with Crippen LogP contribution in [-0.2, 0) is 14.8 Å². The summed E-state index contributed by atoms with van der Waals surface area (Å²) in [6, 6.07) is 10.1. The number of benzene rings is 1. The maximum Gasteiger partial charge on any atom is 0.337 e. The van der Waals surface area contributed by atoms with Gasteiger partial charge in [0.1, 0.15) is 5.82 Å². The van der Waals surface area contributed by atoms with Crippen molar-refractivity contribution in [3.8, 4) is 0 Å². The summed E-state index contributed by atoms with van der Waals surface area (Å²) < 4.78 is 30.9. The van der Waals surface area contributed by atoms with Gasteiger partial charge < -0.3 is 10.1 Å². The van der Waals surface area contributed by atoms with Gasteiger partial charge in [0.25, 0.3) is 0 Å². The molecule has 0 aliphatic heterocycles. The van der Waals surface area contributed by atoms with E-state index < -0.39 is 16.0 Å². The van der Waals surface area contributed by atoms with Gasteiger partial charge in [-0.2, -0.15) is 0 Å². The number of rotatable bonds is 8. The molecule has 1 heterocycles. The smallest absolute Gasteiger partial charge is 0.337 e. The Kier molecular flexibility index (Phi) is 6.35. The number of hydrogen-bond acceptors (Lipinski definition) is 6. The Hall–Kier alpha value is -2.61. The lowest BCUT2D eigenvalue weighted by Gasteiger charge is -2.09. The van der Waals surface area contributed by atoms with Gasteiger partial charge in [-0.15, -0.1) is 0 Å². The van der Waals surface area contributed by atoms with Crippen LogP contribution in [0.3, 0.4) is 0 Å². The fourth-order valence-electron chi connectivity index (χ4n) is 2.08. The second-order valence-electron chi connectivity index (χ2n) is 5.40. The molecular weight excluding hydrogens is 342 g/mol. The molecule has 0 unspecified atom stereocenters. The van der Waals surface area contributed by atoms with E-state index in [1.807, 2.05) is 6.92 Å². The summed E-state index contributed by atoms with van der Waals surface area (Å²) in [4.78, 5) is 15.7. The zero-order chi connectivity index (χ0) is 18.3. The molecule has 0 saturated heterocycles. The van der Waals surface area contributed by atoms with Gasteiger partial charge in [-0.1, -0.05) is 19.4 Å². The Morgan fingerprint density at radius 3 is 2.64 bits per heavy atom. The van der Waals surface area contributed by atoms with Crippen molar-refractivity contribution in [2.24, 2.45) is 0 Å². The highest BCUT2D eigenvalue weighted by Crippen LogP contribution is 2.18. The third-order valence-corrected chi connectivity index (χ3v) is 4.73. The molecule has 2 aromatic rings. The normalized spacial score (nSPS) is 11.0. The molecule has 134 valence electrons. The maximum absolute atomic E-state index is 11.9. The summed E-state index contributed by atoms with van der Waals surface area (Å²) >= 11 is 0. The fourth-order valence-corrected chi connectivity index (χ4v) is 3.33. The van der Waals surface area contributed by atoms with Crippen LogP contribution in [0.1, 0.15) is 30.1 Å². The number of hydrogen-bond donors (Lipinski definition) is 2. The van der Waals surface area contributed by atoms with Gasteiger partial charge in [0.2, 0.25) is 10.0 Å². The van der Waals surface area contributed by atoms with E-state index >= 15 is 0 Å². The van der Waals surface area contributed by atoms with Crippen LogP contribution >= 0.6 is 0 Å². The van der Waals surface area contributed by atoms with E-state index in [-0.39, 0.29) is 5.75 Å². The molecule has 2 N–H and O–H groups in total. The number of anilines is 3. The van der Waals surface area contributed by atoms with E-state index in [1.165, 1.54) is 13.3 Å². The molecular formula is C17H21N3O4S. The highest BCUT2D eigenvalue weighted by atomic mass is 32.2. The van der Waals surface area contributed by atoms with Crippen molar-refractivity contribution >= 4 is 33.2 Å². The number of nitrogens with zero attached hydrogens (tertiary/aromatic N) is 1. The summed E-state index contributed by atoms with van der Waals surface area (Å²) in [5.41, 5.74) is 1.50. The van der Waals surface area contributed by atoms with Crippen LogP contribution in [0.2, 0.25) is 0 Å². The second-order valence-corrected chi connectivity index (χ2v) is 7.25. The Morgan fingerprint density at radius 2 is 2.00 bits per heavy atom. The highest BCUT2D eigenvalue weighted by Gasteiger charge is 2.10. The van der Waals surface area contributed by atoms with Crippen molar-refractivity contribution in [1.82, 2.24) is 4.98 Å². The Balaban J connectivity index is 2.04. The SMILES string of the molecule is CCCCS(=O)(=O)Nc1ccc(Nc2cccc(C(=O)OC)c2)nc1. The molecule has 1 aromatic carbocycles. The molecule has 0 bridgehead atoms. The summed E-state index contributed by atoms with van der Waals surface area (Å²) in [6.07, 6.45) is 2.86. The lowest BCUT2D eigenvalue weighted by Crippen LogP contribution is -2.16. The maximum atomic E-state index is 11.9. The largest absolute Gasteiger partial charge is 0.465 e. The molecule has 0 atom stereocenters. The Labute approximate surface area is 147 Å². The number of methoxy groups -OCH3 is 1. The van der Waals surface area contributed by atoms with E-state index in [0.717, 1.165) is 6.42 Å². The zero-order valence-corrected chi connectivity index (χ0v) is 15.0. The van der Waals surface area contributed by atoms with Crippen LogP contribution in [-0.4, -0.2) is 32.2 Å². The molecule has 8 heteroatoms. The van der Waals surface area contributed by atoms with Gasteiger partial charge in [-0.25, -0.2) is 18.2 Å². The third-order valence-electron chi connectivity index (χ3n) is 3.36. The van der Waals surface area contributed by atoms with Gasteiger partial charge in [-0.05, 0) is 36.8 Å². The van der Waals surface area contributed by atoms with Gasteiger partial charge in [0, 0.05) is 5.69 Å². The number of carbonyl (C=O) groups excluding carboxylic acids is 1. The van der Waals surface area contributed by atoms with Crippen molar-refractivity contribution in [3.63, 3.8) is 0 Å². The molecule has 0 fully saturated rings. The molecule has 0 radical (unpaired) electrons. The summed E-state index contributed by atoms with van der Waals surface area (Å²) in [6.45, 7) is 1.94. The number of aromatic nitrogens is 1. The first-order valence-electron chi connectivity index (χ1n) is 7.85. The van der Waals surface area contributed by atoms with Crippen LogP contribution in [0.5, 0.6) is 0 Å². The van der Waals surface area contributed by atoms with Crippen LogP contribution in [0.15, 0.2) is 42.6 Å². The number of ether oxygens (including phenoxy) is 1. The third kappa shape index (κ3) is 5.75. The molecule has 25 heavy (non-hydrogen) atoms. The molecule has 0 amide bonds. The molecule has 0 aliphatic rings. The number of sulfonamides is 1. The number of unbranched alkanes of at least 4 members (excludes halogenated alkanes) is 1. The van der Waals surface area contributed by atoms with Crippen molar-refractivity contribution in [2.75, 3.05) is 22.9 Å². The fraction of sp³-hybridized carbons (Fsp3) is 0.294. The molecule has 0 aliphatic carbocycles. The Bertz CT molecular complexity index is 820. The van der Waals surface area contributed by atoms with Crippen molar-refractivity contribution < 1.29 is 17.9 Å². The van der Waals surface area contributed by atoms with Gasteiger partial charge in [0.05, 0.1) is 30.3 Å². The van der Waals surface area contributed by atoms with Gasteiger partial charge in [-0.3, -0.25) is 4.72 Å². The highest BCUT2D eigenvalue weighted by molar-refractivity contribution is 7.92. The average Bonchev–Trinajstić information content (AvgIpc) is 2.61. The number of nitrogens with one attached hydrogen (secondary N) is 2. The lowest BCUT2D eigenvalue weighted by molar-refractivity contribution is 0.0601. The molecule has 1 aromatic heterocycles. The zero-order valence-electron chi connectivity index (χ0n) is 14.2. The van der Waals surface area contributed by atoms with Crippen molar-refractivity contribution in [2.45, 2.75) is 19.8 Å². The molecule has 0 spiro atoms. The minimum absolute atomic E-state index is 0.0871. The molecule has 0 saturated carbocycles.